The molecule has 3 heteroatoms. The van der Waals surface area contributed by atoms with E-state index in [1.807, 2.05) is 11.3 Å². The number of nitrogens with two attached hydrogens (primary N) is 1. The summed E-state index contributed by atoms with van der Waals surface area (Å²) >= 11 is 1.84. The first-order valence-electron chi connectivity index (χ1n) is 6.65. The molecule has 0 saturated carbocycles. The Bertz CT molecular complexity index is 349. The number of likely N-dealkylation sites (N-methyl/N-ethyl adjacent to an activating group) is 1. The molecule has 0 saturated heterocycles. The Kier molecular flexibility index (Phi) is 4.98. The van der Waals surface area contributed by atoms with E-state index < -0.39 is 0 Å². The van der Waals surface area contributed by atoms with Gasteiger partial charge in [0.15, 0.2) is 0 Å². The van der Waals surface area contributed by atoms with Crippen LogP contribution in [0.3, 0.4) is 0 Å². The van der Waals surface area contributed by atoms with Gasteiger partial charge in [0, 0.05) is 23.0 Å². The summed E-state index contributed by atoms with van der Waals surface area (Å²) in [6.07, 6.45) is 1.12. The lowest BCUT2D eigenvalue weighted by atomic mass is 9.74. The van der Waals surface area contributed by atoms with Gasteiger partial charge in [-0.05, 0) is 51.1 Å². The second-order valence-electron chi connectivity index (χ2n) is 6.65. The van der Waals surface area contributed by atoms with E-state index in [1.165, 1.54) is 4.88 Å². The molecule has 104 valence electrons. The molecule has 0 aliphatic heterocycles. The molecule has 1 atom stereocenters. The predicted octanol–water partition coefficient (Wildman–Crippen LogP) is 3.37. The van der Waals surface area contributed by atoms with Crippen molar-refractivity contribution in [3.8, 4) is 0 Å². The maximum Gasteiger partial charge on any atom is 0.0161 e. The molecule has 0 fully saturated rings. The fourth-order valence-corrected chi connectivity index (χ4v) is 2.69. The monoisotopic (exact) mass is 268 g/mol. The molecule has 1 aromatic heterocycles. The summed E-state index contributed by atoms with van der Waals surface area (Å²) in [7, 11) is 2.20. The predicted molar refractivity (Wildman–Crippen MR) is 82.2 cm³/mol. The maximum absolute atomic E-state index is 6.27. The standard InChI is InChI=1S/C15H28N2S/c1-12(10-13-8-7-9-18-13)17(6)11-14(2,3)15(4,5)16/h7-9,12H,10-11,16H2,1-6H3. The second kappa shape index (κ2) is 5.72. The first-order valence-corrected chi connectivity index (χ1v) is 7.53. The van der Waals surface area contributed by atoms with E-state index in [-0.39, 0.29) is 11.0 Å². The maximum atomic E-state index is 6.27. The molecule has 0 aliphatic rings. The van der Waals surface area contributed by atoms with Gasteiger partial charge in [0.2, 0.25) is 0 Å². The van der Waals surface area contributed by atoms with E-state index in [1.54, 1.807) is 0 Å². The van der Waals surface area contributed by atoms with Crippen LogP contribution >= 0.6 is 11.3 Å². The SMILES string of the molecule is CC(Cc1cccs1)N(C)CC(C)(C)C(C)(C)N. The largest absolute Gasteiger partial charge is 0.325 e. The summed E-state index contributed by atoms with van der Waals surface area (Å²) < 4.78 is 0. The van der Waals surface area contributed by atoms with Crippen molar-refractivity contribution in [3.05, 3.63) is 22.4 Å². The highest BCUT2D eigenvalue weighted by Gasteiger charge is 2.35. The van der Waals surface area contributed by atoms with Gasteiger partial charge in [-0.3, -0.25) is 0 Å². The zero-order chi connectivity index (χ0) is 14.0. The summed E-state index contributed by atoms with van der Waals surface area (Å²) in [5, 5.41) is 2.15. The molecule has 0 spiro atoms. The second-order valence-corrected chi connectivity index (χ2v) is 7.69. The van der Waals surface area contributed by atoms with E-state index in [9.17, 15) is 0 Å². The third-order valence-electron chi connectivity index (χ3n) is 4.22. The lowest BCUT2D eigenvalue weighted by Gasteiger charge is -2.42. The molecule has 0 amide bonds. The van der Waals surface area contributed by atoms with Crippen molar-refractivity contribution in [1.29, 1.82) is 0 Å². The van der Waals surface area contributed by atoms with Crippen LogP contribution in [-0.4, -0.2) is 30.1 Å². The number of hydrogen-bond acceptors (Lipinski definition) is 3. The summed E-state index contributed by atoms with van der Waals surface area (Å²) in [5.41, 5.74) is 6.21. The molecular formula is C15H28N2S. The number of rotatable bonds is 6. The number of thiophene rings is 1. The first kappa shape index (κ1) is 15.7. The summed E-state index contributed by atoms with van der Waals surface area (Å²) in [4.78, 5) is 3.88. The summed E-state index contributed by atoms with van der Waals surface area (Å²) in [6, 6.07) is 4.89. The van der Waals surface area contributed by atoms with Gasteiger partial charge < -0.3 is 10.6 Å². The average Bonchev–Trinajstić information content (AvgIpc) is 2.67. The van der Waals surface area contributed by atoms with E-state index in [4.69, 9.17) is 5.73 Å². The van der Waals surface area contributed by atoms with E-state index in [2.05, 4.69) is 64.1 Å². The Hall–Kier alpha value is -0.380. The highest BCUT2D eigenvalue weighted by molar-refractivity contribution is 7.09. The lowest BCUT2D eigenvalue weighted by Crippen LogP contribution is -2.53. The third-order valence-corrected chi connectivity index (χ3v) is 5.12. The smallest absolute Gasteiger partial charge is 0.0161 e. The van der Waals surface area contributed by atoms with Crippen molar-refractivity contribution < 1.29 is 0 Å². The van der Waals surface area contributed by atoms with Gasteiger partial charge in [-0.1, -0.05) is 19.9 Å². The normalized spacial score (nSPS) is 15.1. The van der Waals surface area contributed by atoms with Gasteiger partial charge in [0.25, 0.3) is 0 Å². The van der Waals surface area contributed by atoms with Gasteiger partial charge in [0.1, 0.15) is 0 Å². The van der Waals surface area contributed by atoms with Gasteiger partial charge in [-0.2, -0.15) is 0 Å². The molecule has 18 heavy (non-hydrogen) atoms. The third kappa shape index (κ3) is 4.08. The van der Waals surface area contributed by atoms with Crippen LogP contribution in [0, 0.1) is 5.41 Å². The number of hydrogen-bond donors (Lipinski definition) is 1. The fourth-order valence-electron chi connectivity index (χ4n) is 1.86. The highest BCUT2D eigenvalue weighted by Crippen LogP contribution is 2.29. The van der Waals surface area contributed by atoms with Crippen LogP contribution in [0.2, 0.25) is 0 Å². The molecular weight excluding hydrogens is 240 g/mol. The topological polar surface area (TPSA) is 29.3 Å². The minimum absolute atomic E-state index is 0.103. The molecule has 2 nitrogen and oxygen atoms in total. The van der Waals surface area contributed by atoms with Crippen molar-refractivity contribution >= 4 is 11.3 Å². The molecule has 0 aliphatic carbocycles. The van der Waals surface area contributed by atoms with Crippen LogP contribution < -0.4 is 5.73 Å². The van der Waals surface area contributed by atoms with Crippen LogP contribution in [0.25, 0.3) is 0 Å². The van der Waals surface area contributed by atoms with Crippen LogP contribution in [0.5, 0.6) is 0 Å². The van der Waals surface area contributed by atoms with E-state index >= 15 is 0 Å². The molecule has 0 radical (unpaired) electrons. The van der Waals surface area contributed by atoms with Crippen LogP contribution in [-0.2, 0) is 6.42 Å². The molecule has 0 bridgehead atoms. The van der Waals surface area contributed by atoms with Crippen molar-refractivity contribution in [3.63, 3.8) is 0 Å². The Morgan fingerprint density at radius 2 is 1.94 bits per heavy atom. The highest BCUT2D eigenvalue weighted by atomic mass is 32.1. The van der Waals surface area contributed by atoms with Gasteiger partial charge in [0.05, 0.1) is 0 Å². The molecule has 1 unspecified atom stereocenters. The Morgan fingerprint density at radius 3 is 2.39 bits per heavy atom. The quantitative estimate of drug-likeness (QED) is 0.857. The van der Waals surface area contributed by atoms with Crippen molar-refractivity contribution in [2.45, 2.75) is 52.6 Å². The summed E-state index contributed by atoms with van der Waals surface area (Å²) in [5.74, 6) is 0. The molecule has 1 heterocycles. The van der Waals surface area contributed by atoms with Crippen molar-refractivity contribution in [2.24, 2.45) is 11.1 Å². The van der Waals surface area contributed by atoms with Crippen molar-refractivity contribution in [2.75, 3.05) is 13.6 Å². The van der Waals surface area contributed by atoms with E-state index in [0.717, 1.165) is 13.0 Å². The van der Waals surface area contributed by atoms with Crippen LogP contribution in [0.4, 0.5) is 0 Å². The van der Waals surface area contributed by atoms with Crippen LogP contribution in [0.15, 0.2) is 17.5 Å². The average molecular weight is 268 g/mol. The first-order chi connectivity index (χ1) is 8.13. The minimum atomic E-state index is -0.163. The zero-order valence-electron chi connectivity index (χ0n) is 12.7. The molecule has 1 aromatic rings. The number of nitrogens with zero attached hydrogens (tertiary/aromatic N) is 1. The Labute approximate surface area is 116 Å². The fraction of sp³-hybridized carbons (Fsp3) is 0.733. The van der Waals surface area contributed by atoms with Gasteiger partial charge in [-0.25, -0.2) is 0 Å². The lowest BCUT2D eigenvalue weighted by molar-refractivity contribution is 0.108. The Morgan fingerprint density at radius 1 is 1.33 bits per heavy atom. The van der Waals surface area contributed by atoms with Crippen molar-refractivity contribution in [1.82, 2.24) is 4.90 Å². The summed E-state index contributed by atoms with van der Waals surface area (Å²) in [6.45, 7) is 12.0. The van der Waals surface area contributed by atoms with Gasteiger partial charge in [-0.15, -0.1) is 11.3 Å². The Balaban J connectivity index is 2.57. The minimum Gasteiger partial charge on any atom is -0.325 e. The molecule has 1 rings (SSSR count). The molecule has 2 N–H and O–H groups in total. The van der Waals surface area contributed by atoms with Gasteiger partial charge >= 0.3 is 0 Å². The molecule has 0 aromatic carbocycles. The van der Waals surface area contributed by atoms with Crippen LogP contribution in [0.1, 0.15) is 39.5 Å². The van der Waals surface area contributed by atoms with E-state index in [0.29, 0.717) is 6.04 Å². The zero-order valence-corrected chi connectivity index (χ0v) is 13.5.